The third kappa shape index (κ3) is 3.77. The number of hydrogen-bond acceptors (Lipinski definition) is 5. The van der Waals surface area contributed by atoms with Crippen molar-refractivity contribution in [3.8, 4) is 6.07 Å². The average Bonchev–Trinajstić information content (AvgIpc) is 3.48. The minimum Gasteiger partial charge on any atom is -0.355 e. The standard InChI is InChI=1S/C25H26F2N6O/c1-15-6-7-18(23(27)22(15)26)25(34)32-9-4-3-5-20(32)19-11-21-29-24(16(2)13-33(21)30-19)31-10-8-17(12-28)14-31/h6-7,11,13,17,20H,3-5,8-10,14H2,1-2H3. The zero-order valence-corrected chi connectivity index (χ0v) is 19.3. The molecule has 2 aliphatic rings. The summed E-state index contributed by atoms with van der Waals surface area (Å²) in [5.41, 5.74) is 2.20. The summed E-state index contributed by atoms with van der Waals surface area (Å²) in [6.07, 6.45) is 5.12. The second kappa shape index (κ2) is 8.67. The van der Waals surface area contributed by atoms with E-state index in [0.29, 0.717) is 30.9 Å². The van der Waals surface area contributed by atoms with Gasteiger partial charge in [-0.1, -0.05) is 6.07 Å². The molecule has 0 radical (unpaired) electrons. The molecule has 2 atom stereocenters. The van der Waals surface area contributed by atoms with E-state index in [-0.39, 0.29) is 23.1 Å². The van der Waals surface area contributed by atoms with Gasteiger partial charge in [0, 0.05) is 37.5 Å². The Morgan fingerprint density at radius 2 is 1.94 bits per heavy atom. The van der Waals surface area contributed by atoms with Gasteiger partial charge >= 0.3 is 0 Å². The number of carbonyl (C=O) groups is 1. The van der Waals surface area contributed by atoms with Crippen LogP contribution in [0.5, 0.6) is 0 Å². The molecule has 2 aliphatic heterocycles. The van der Waals surface area contributed by atoms with Crippen LogP contribution in [0.15, 0.2) is 24.4 Å². The summed E-state index contributed by atoms with van der Waals surface area (Å²) in [6, 6.07) is 6.64. The molecule has 5 rings (SSSR count). The normalized spacial score (nSPS) is 20.7. The number of nitriles is 1. The average molecular weight is 465 g/mol. The van der Waals surface area contributed by atoms with Crippen LogP contribution in [0.3, 0.4) is 0 Å². The SMILES string of the molecule is Cc1cn2nc(C3CCCCN3C(=O)c3ccc(C)c(F)c3F)cc2nc1N1CCC(C#N)C1. The van der Waals surface area contributed by atoms with Crippen LogP contribution in [0.2, 0.25) is 0 Å². The maximum atomic E-state index is 14.6. The van der Waals surface area contributed by atoms with Crippen LogP contribution in [0.1, 0.15) is 58.9 Å². The van der Waals surface area contributed by atoms with Gasteiger partial charge in [0.2, 0.25) is 0 Å². The number of likely N-dealkylation sites (tertiary alicyclic amines) is 1. The number of piperidine rings is 1. The Morgan fingerprint density at radius 3 is 2.71 bits per heavy atom. The van der Waals surface area contributed by atoms with Gasteiger partial charge in [0.05, 0.1) is 29.3 Å². The number of fused-ring (bicyclic) bond motifs is 1. The van der Waals surface area contributed by atoms with Crippen molar-refractivity contribution >= 4 is 17.4 Å². The minimum absolute atomic E-state index is 0.00622. The molecular formula is C25H26F2N6O. The van der Waals surface area contributed by atoms with E-state index in [1.807, 2.05) is 19.2 Å². The first-order valence-corrected chi connectivity index (χ1v) is 11.6. The van der Waals surface area contributed by atoms with Crippen molar-refractivity contribution in [2.24, 2.45) is 5.92 Å². The van der Waals surface area contributed by atoms with Gasteiger partial charge in [0.25, 0.3) is 5.91 Å². The second-order valence-electron chi connectivity index (χ2n) is 9.25. The molecular weight excluding hydrogens is 438 g/mol. The molecule has 0 aliphatic carbocycles. The first-order valence-electron chi connectivity index (χ1n) is 11.6. The molecule has 3 aromatic rings. The van der Waals surface area contributed by atoms with Crippen molar-refractivity contribution in [2.45, 2.75) is 45.6 Å². The molecule has 2 saturated heterocycles. The lowest BCUT2D eigenvalue weighted by molar-refractivity contribution is 0.0599. The monoisotopic (exact) mass is 464 g/mol. The van der Waals surface area contributed by atoms with Gasteiger partial charge in [-0.25, -0.2) is 18.3 Å². The third-order valence-corrected chi connectivity index (χ3v) is 6.91. The minimum atomic E-state index is -1.10. The van der Waals surface area contributed by atoms with Gasteiger partial charge in [-0.15, -0.1) is 0 Å². The molecule has 0 bridgehead atoms. The van der Waals surface area contributed by atoms with Crippen LogP contribution >= 0.6 is 0 Å². The maximum absolute atomic E-state index is 14.6. The molecule has 9 heteroatoms. The lowest BCUT2D eigenvalue weighted by atomic mass is 9.98. The fraction of sp³-hybridized carbons (Fsp3) is 0.440. The summed E-state index contributed by atoms with van der Waals surface area (Å²) < 4.78 is 30.4. The predicted octanol–water partition coefficient (Wildman–Crippen LogP) is 4.34. The summed E-state index contributed by atoms with van der Waals surface area (Å²) in [5.74, 6) is -1.77. The summed E-state index contributed by atoms with van der Waals surface area (Å²) >= 11 is 0. The molecule has 176 valence electrons. The molecule has 0 N–H and O–H groups in total. The first-order chi connectivity index (χ1) is 16.4. The van der Waals surface area contributed by atoms with Gasteiger partial charge in [0.1, 0.15) is 5.82 Å². The van der Waals surface area contributed by atoms with E-state index >= 15 is 0 Å². The van der Waals surface area contributed by atoms with Crippen molar-refractivity contribution < 1.29 is 13.6 Å². The number of hydrogen-bond donors (Lipinski definition) is 0. The summed E-state index contributed by atoms with van der Waals surface area (Å²) in [7, 11) is 0. The lowest BCUT2D eigenvalue weighted by Gasteiger charge is -2.34. The summed E-state index contributed by atoms with van der Waals surface area (Å²) in [6.45, 7) is 5.33. The molecule has 1 amide bonds. The highest BCUT2D eigenvalue weighted by atomic mass is 19.2. The molecule has 2 aromatic heterocycles. The number of aromatic nitrogens is 3. The Bertz CT molecular complexity index is 1310. The molecule has 2 fully saturated rings. The number of aryl methyl sites for hydroxylation is 2. The van der Waals surface area contributed by atoms with Crippen LogP contribution in [-0.2, 0) is 0 Å². The first kappa shape index (κ1) is 22.3. The smallest absolute Gasteiger partial charge is 0.257 e. The van der Waals surface area contributed by atoms with Crippen molar-refractivity contribution in [2.75, 3.05) is 24.5 Å². The number of halogens is 2. The number of amides is 1. The van der Waals surface area contributed by atoms with E-state index in [4.69, 9.17) is 10.1 Å². The van der Waals surface area contributed by atoms with Crippen molar-refractivity contribution in [1.82, 2.24) is 19.5 Å². The number of nitrogens with zero attached hydrogens (tertiary/aromatic N) is 6. The van der Waals surface area contributed by atoms with Crippen LogP contribution in [0.4, 0.5) is 14.6 Å². The van der Waals surface area contributed by atoms with E-state index in [1.165, 1.54) is 19.1 Å². The molecule has 4 heterocycles. The third-order valence-electron chi connectivity index (χ3n) is 6.91. The van der Waals surface area contributed by atoms with E-state index in [1.54, 1.807) is 9.42 Å². The van der Waals surface area contributed by atoms with Crippen molar-refractivity contribution in [3.63, 3.8) is 0 Å². The second-order valence-corrected chi connectivity index (χ2v) is 9.25. The van der Waals surface area contributed by atoms with Gasteiger partial charge < -0.3 is 9.80 Å². The van der Waals surface area contributed by atoms with E-state index in [0.717, 1.165) is 37.2 Å². The van der Waals surface area contributed by atoms with E-state index in [9.17, 15) is 18.8 Å². The zero-order valence-electron chi connectivity index (χ0n) is 19.3. The Balaban J connectivity index is 1.47. The van der Waals surface area contributed by atoms with Gasteiger partial charge in [-0.05, 0) is 51.2 Å². The Labute approximate surface area is 196 Å². The molecule has 1 aromatic carbocycles. The van der Waals surface area contributed by atoms with E-state index < -0.39 is 17.5 Å². The topological polar surface area (TPSA) is 77.5 Å². The molecule has 2 unspecified atom stereocenters. The lowest BCUT2D eigenvalue weighted by Crippen LogP contribution is -2.39. The number of rotatable bonds is 3. The van der Waals surface area contributed by atoms with Crippen LogP contribution in [0, 0.1) is 42.7 Å². The summed E-state index contributed by atoms with van der Waals surface area (Å²) in [4.78, 5) is 21.8. The quantitative estimate of drug-likeness (QED) is 0.576. The van der Waals surface area contributed by atoms with Gasteiger partial charge in [0.15, 0.2) is 17.3 Å². The fourth-order valence-corrected chi connectivity index (χ4v) is 5.01. The highest BCUT2D eigenvalue weighted by molar-refractivity contribution is 5.95. The molecule has 0 spiro atoms. The van der Waals surface area contributed by atoms with E-state index in [2.05, 4.69) is 11.0 Å². The van der Waals surface area contributed by atoms with Gasteiger partial charge in [-0.2, -0.15) is 10.4 Å². The van der Waals surface area contributed by atoms with Crippen molar-refractivity contribution in [3.05, 3.63) is 58.4 Å². The van der Waals surface area contributed by atoms with Crippen LogP contribution in [-0.4, -0.2) is 45.0 Å². The largest absolute Gasteiger partial charge is 0.355 e. The molecule has 34 heavy (non-hydrogen) atoms. The van der Waals surface area contributed by atoms with Gasteiger partial charge in [-0.3, -0.25) is 4.79 Å². The number of carbonyl (C=O) groups excluding carboxylic acids is 1. The van der Waals surface area contributed by atoms with Crippen molar-refractivity contribution in [1.29, 1.82) is 5.26 Å². The van der Waals surface area contributed by atoms with Crippen LogP contribution in [0.25, 0.3) is 5.65 Å². The number of benzene rings is 1. The zero-order chi connectivity index (χ0) is 24.0. The predicted molar refractivity (Wildman–Crippen MR) is 122 cm³/mol. The fourth-order valence-electron chi connectivity index (χ4n) is 5.01. The highest BCUT2D eigenvalue weighted by Gasteiger charge is 2.33. The summed E-state index contributed by atoms with van der Waals surface area (Å²) in [5, 5.41) is 13.9. The molecule has 7 nitrogen and oxygen atoms in total. The number of anilines is 1. The highest BCUT2D eigenvalue weighted by Crippen LogP contribution is 2.33. The Kier molecular flexibility index (Phi) is 5.68. The molecule has 0 saturated carbocycles. The Morgan fingerprint density at radius 1 is 1.12 bits per heavy atom. The maximum Gasteiger partial charge on any atom is 0.257 e. The van der Waals surface area contributed by atoms with Crippen LogP contribution < -0.4 is 4.90 Å². The Hall–Kier alpha value is -3.54.